The number of amides is 1. The molecular weight excluding hydrogens is 581 g/mol. The summed E-state index contributed by atoms with van der Waals surface area (Å²) in [7, 11) is -3.14. The van der Waals surface area contributed by atoms with E-state index < -0.39 is 15.8 Å². The summed E-state index contributed by atoms with van der Waals surface area (Å²) in [6.45, 7) is 12.9. The fourth-order valence-electron chi connectivity index (χ4n) is 7.38. The Bertz CT molecular complexity index is 1400. The van der Waals surface area contributed by atoms with Crippen molar-refractivity contribution in [2.24, 2.45) is 11.3 Å². The van der Waals surface area contributed by atoms with E-state index in [1.165, 1.54) is 24.5 Å². The Morgan fingerprint density at radius 3 is 2.34 bits per heavy atom. The zero-order valence-corrected chi connectivity index (χ0v) is 27.6. The second-order valence-corrected chi connectivity index (χ2v) is 15.5. The second-order valence-electron chi connectivity index (χ2n) is 13.8. The van der Waals surface area contributed by atoms with Crippen molar-refractivity contribution in [3.8, 4) is 11.5 Å². The predicted octanol–water partition coefficient (Wildman–Crippen LogP) is 5.28. The highest BCUT2D eigenvalue weighted by molar-refractivity contribution is 7.88. The lowest BCUT2D eigenvalue weighted by molar-refractivity contribution is 0.0622. The van der Waals surface area contributed by atoms with Gasteiger partial charge in [0.1, 0.15) is 11.6 Å². The molecule has 0 unspecified atom stereocenters. The van der Waals surface area contributed by atoms with E-state index in [4.69, 9.17) is 4.74 Å². The number of likely N-dealkylation sites (tertiary alicyclic amines) is 1. The second kappa shape index (κ2) is 13.3. The number of sulfonamides is 1. The molecule has 2 aromatic rings. The van der Waals surface area contributed by atoms with Crippen molar-refractivity contribution in [1.82, 2.24) is 19.5 Å². The van der Waals surface area contributed by atoms with E-state index in [9.17, 15) is 17.6 Å². The van der Waals surface area contributed by atoms with E-state index >= 15 is 0 Å². The van der Waals surface area contributed by atoms with E-state index in [1.807, 2.05) is 33.8 Å². The minimum absolute atomic E-state index is 0.0458. The molecule has 242 valence electrons. The Hall–Kier alpha value is -2.76. The highest BCUT2D eigenvalue weighted by Gasteiger charge is 2.46. The first-order chi connectivity index (χ1) is 20.8. The lowest BCUT2D eigenvalue weighted by Crippen LogP contribution is -2.60. The molecule has 1 aromatic carbocycles. The summed E-state index contributed by atoms with van der Waals surface area (Å²) in [6.07, 6.45) is 10.9. The molecule has 0 atom stereocenters. The van der Waals surface area contributed by atoms with Gasteiger partial charge in [-0.2, -0.15) is 0 Å². The van der Waals surface area contributed by atoms with Crippen molar-refractivity contribution >= 4 is 21.6 Å². The Morgan fingerprint density at radius 1 is 1.07 bits per heavy atom. The average molecular weight is 630 g/mol. The van der Waals surface area contributed by atoms with E-state index in [-0.39, 0.29) is 35.0 Å². The van der Waals surface area contributed by atoms with Crippen LogP contribution in [0, 0.1) is 17.2 Å². The monoisotopic (exact) mass is 629 g/mol. The number of carbonyl (C=O) groups excluding carboxylic acids is 1. The van der Waals surface area contributed by atoms with Gasteiger partial charge in [-0.1, -0.05) is 0 Å². The van der Waals surface area contributed by atoms with Gasteiger partial charge in [-0.25, -0.2) is 17.5 Å². The van der Waals surface area contributed by atoms with Crippen LogP contribution < -0.4 is 14.4 Å². The fourth-order valence-corrected chi connectivity index (χ4v) is 8.23. The van der Waals surface area contributed by atoms with Crippen LogP contribution in [0.5, 0.6) is 11.5 Å². The number of hydrogen-bond acceptors (Lipinski definition) is 7. The number of anilines is 1. The quantitative estimate of drug-likeness (QED) is 0.382. The fraction of sp³-hybridized carbons (Fsp3) is 0.636. The number of hydrogen-bond donors (Lipinski definition) is 1. The molecule has 1 spiro atoms. The van der Waals surface area contributed by atoms with Crippen molar-refractivity contribution in [1.29, 1.82) is 0 Å². The van der Waals surface area contributed by atoms with Crippen molar-refractivity contribution < 1.29 is 22.3 Å². The van der Waals surface area contributed by atoms with E-state index in [2.05, 4.69) is 19.5 Å². The Kier molecular flexibility index (Phi) is 9.87. The zero-order valence-electron chi connectivity index (χ0n) is 26.8. The molecule has 1 amide bonds. The number of carbonyl (C=O) groups is 1. The third-order valence-corrected chi connectivity index (χ3v) is 10.3. The molecule has 1 N–H and O–H groups in total. The number of aromatic nitrogens is 1. The number of nitrogens with one attached hydrogen (secondary N) is 1. The number of halogens is 1. The molecule has 9 nitrogen and oxygen atoms in total. The third-order valence-electron chi connectivity index (χ3n) is 9.56. The largest absolute Gasteiger partial charge is 0.453 e. The summed E-state index contributed by atoms with van der Waals surface area (Å²) >= 11 is 0. The third kappa shape index (κ3) is 7.72. The minimum Gasteiger partial charge on any atom is -0.453 e. The summed E-state index contributed by atoms with van der Waals surface area (Å²) in [5.41, 5.74) is 1.41. The van der Waals surface area contributed by atoms with Crippen molar-refractivity contribution in [2.75, 3.05) is 43.9 Å². The van der Waals surface area contributed by atoms with E-state index in [0.29, 0.717) is 17.4 Å². The molecule has 2 saturated heterocycles. The molecule has 11 heteroatoms. The first kappa shape index (κ1) is 32.6. The Labute approximate surface area is 262 Å². The summed E-state index contributed by atoms with van der Waals surface area (Å²) in [4.78, 5) is 24.5. The first-order valence-electron chi connectivity index (χ1n) is 16.0. The molecule has 0 radical (unpaired) electrons. The predicted molar refractivity (Wildman–Crippen MR) is 171 cm³/mol. The summed E-state index contributed by atoms with van der Waals surface area (Å²) in [5.74, 6) is 0.770. The van der Waals surface area contributed by atoms with Crippen LogP contribution in [0.25, 0.3) is 0 Å². The van der Waals surface area contributed by atoms with Gasteiger partial charge in [0, 0.05) is 49.4 Å². The van der Waals surface area contributed by atoms with Gasteiger partial charge in [0.15, 0.2) is 5.75 Å². The van der Waals surface area contributed by atoms with Gasteiger partial charge in [-0.3, -0.25) is 9.78 Å². The van der Waals surface area contributed by atoms with Crippen LogP contribution in [-0.2, 0) is 10.0 Å². The van der Waals surface area contributed by atoms with Crippen LogP contribution in [0.3, 0.4) is 0 Å². The lowest BCUT2D eigenvalue weighted by Gasteiger charge is -2.55. The van der Waals surface area contributed by atoms with E-state index in [0.717, 1.165) is 76.9 Å². The standard InChI is InChI=1S/C33H48FN5O4S/c1-23(2)39(24(3)4)32(40)28-18-26(34)8-11-30(28)43-31-19-35-15-12-29(31)38-21-33(22-38)13-16-37(17-14-33)20-25-6-9-27(10-7-25)36-44(5,41)42/h8,11-12,15,18-19,23-25,27,36H,6-7,9-10,13-14,16-17,20-22H2,1-5H3. The average Bonchev–Trinajstić information content (AvgIpc) is 2.93. The number of pyridine rings is 1. The van der Waals surface area contributed by atoms with Crippen LogP contribution in [0.4, 0.5) is 10.1 Å². The summed E-state index contributed by atoms with van der Waals surface area (Å²) in [5, 5.41) is 0. The maximum Gasteiger partial charge on any atom is 0.258 e. The molecule has 3 fully saturated rings. The van der Waals surface area contributed by atoms with Crippen molar-refractivity contribution in [3.63, 3.8) is 0 Å². The molecule has 2 aliphatic heterocycles. The highest BCUT2D eigenvalue weighted by Crippen LogP contribution is 2.46. The molecule has 1 aromatic heterocycles. The molecule has 44 heavy (non-hydrogen) atoms. The van der Waals surface area contributed by atoms with Gasteiger partial charge in [0.25, 0.3) is 5.91 Å². The molecule has 3 heterocycles. The van der Waals surface area contributed by atoms with Crippen LogP contribution in [0.15, 0.2) is 36.7 Å². The normalized spacial score (nSPS) is 22.3. The summed E-state index contributed by atoms with van der Waals surface area (Å²) < 4.78 is 46.6. The summed E-state index contributed by atoms with van der Waals surface area (Å²) in [6, 6.07) is 6.05. The number of rotatable bonds is 10. The number of piperidine rings is 1. The van der Waals surface area contributed by atoms with Crippen molar-refractivity contribution in [3.05, 3.63) is 48.0 Å². The minimum atomic E-state index is -3.14. The maximum absolute atomic E-state index is 14.3. The van der Waals surface area contributed by atoms with E-state index in [1.54, 1.807) is 17.3 Å². The topological polar surface area (TPSA) is 95.1 Å². The van der Waals surface area contributed by atoms with Crippen LogP contribution >= 0.6 is 0 Å². The number of ether oxygens (including phenoxy) is 1. The zero-order chi connectivity index (χ0) is 31.6. The van der Waals surface area contributed by atoms with Gasteiger partial charge < -0.3 is 19.4 Å². The van der Waals surface area contributed by atoms with Crippen molar-refractivity contribution in [2.45, 2.75) is 84.3 Å². The molecule has 5 rings (SSSR count). The Balaban J connectivity index is 1.18. The van der Waals surface area contributed by atoms with Gasteiger partial charge in [-0.05, 0) is 109 Å². The molecule has 3 aliphatic rings. The highest BCUT2D eigenvalue weighted by atomic mass is 32.2. The Morgan fingerprint density at radius 2 is 1.73 bits per heavy atom. The van der Waals surface area contributed by atoms with Gasteiger partial charge in [0.05, 0.1) is 23.7 Å². The van der Waals surface area contributed by atoms with Crippen LogP contribution in [0.2, 0.25) is 0 Å². The SMILES string of the molecule is CC(C)N(C(=O)c1cc(F)ccc1Oc1cnccc1N1CC2(CCN(CC3CCC(NS(C)(=O)=O)CC3)CC2)C1)C(C)C. The first-order valence-corrected chi connectivity index (χ1v) is 17.9. The van der Waals surface area contributed by atoms with Gasteiger partial charge >= 0.3 is 0 Å². The molecule has 0 bridgehead atoms. The maximum atomic E-state index is 14.3. The smallest absolute Gasteiger partial charge is 0.258 e. The van der Waals surface area contributed by atoms with Gasteiger partial charge in [0.2, 0.25) is 10.0 Å². The molecule has 1 aliphatic carbocycles. The molecular formula is C33H48FN5O4S. The number of benzene rings is 1. The molecule has 1 saturated carbocycles. The lowest BCUT2D eigenvalue weighted by atomic mass is 9.71. The number of nitrogens with zero attached hydrogens (tertiary/aromatic N) is 4. The van der Waals surface area contributed by atoms with Crippen LogP contribution in [0.1, 0.15) is 76.6 Å². The van der Waals surface area contributed by atoms with Gasteiger partial charge in [-0.15, -0.1) is 0 Å². The van der Waals surface area contributed by atoms with Crippen LogP contribution in [-0.4, -0.2) is 86.2 Å².